The van der Waals surface area contributed by atoms with Crippen LogP contribution in [0.15, 0.2) is 41.3 Å². The summed E-state index contributed by atoms with van der Waals surface area (Å²) in [6, 6.07) is 9.73. The first kappa shape index (κ1) is 20.6. The molecule has 144 valence electrons. The third kappa shape index (κ3) is 5.15. The summed E-state index contributed by atoms with van der Waals surface area (Å²) in [5.74, 6) is -1.08. The van der Waals surface area contributed by atoms with E-state index in [1.54, 1.807) is 44.2 Å². The molecule has 0 atom stereocenters. The Hall–Kier alpha value is -2.71. The zero-order chi connectivity index (χ0) is 20.2. The van der Waals surface area contributed by atoms with Crippen LogP contribution in [-0.4, -0.2) is 33.9 Å². The van der Waals surface area contributed by atoms with Gasteiger partial charge in [0.2, 0.25) is 15.9 Å². The molecule has 2 N–H and O–H groups in total. The van der Waals surface area contributed by atoms with Gasteiger partial charge < -0.3 is 10.1 Å². The van der Waals surface area contributed by atoms with Crippen molar-refractivity contribution >= 4 is 27.6 Å². The maximum absolute atomic E-state index is 12.6. The summed E-state index contributed by atoms with van der Waals surface area (Å²) in [5, 5.41) is 2.55. The molecule has 0 spiro atoms. The summed E-state index contributed by atoms with van der Waals surface area (Å²) in [6.45, 7) is 4.89. The average molecular weight is 390 g/mol. The second-order valence-corrected chi connectivity index (χ2v) is 7.88. The maximum Gasteiger partial charge on any atom is 0.337 e. The maximum atomic E-state index is 12.6. The minimum Gasteiger partial charge on any atom is -0.465 e. The van der Waals surface area contributed by atoms with Crippen LogP contribution in [0, 0.1) is 20.8 Å². The van der Waals surface area contributed by atoms with E-state index in [1.165, 1.54) is 13.2 Å². The third-order valence-electron chi connectivity index (χ3n) is 3.86. The van der Waals surface area contributed by atoms with Gasteiger partial charge in [0.05, 0.1) is 24.1 Å². The van der Waals surface area contributed by atoms with E-state index in [0.29, 0.717) is 16.8 Å². The fraction of sp³-hybridized carbons (Fsp3) is 0.263. The topological polar surface area (TPSA) is 102 Å². The van der Waals surface area contributed by atoms with E-state index >= 15 is 0 Å². The Bertz CT molecular complexity index is 960. The standard InChI is InChI=1S/C19H22N2O5S/c1-12-8-13(2)18(14(3)9-12)27(24,25)20-11-17(22)21-16-7-5-6-15(10-16)19(23)26-4/h5-10,20H,11H2,1-4H3,(H,21,22). The van der Waals surface area contributed by atoms with E-state index in [-0.39, 0.29) is 10.5 Å². The van der Waals surface area contributed by atoms with Crippen molar-refractivity contribution in [1.82, 2.24) is 4.72 Å². The van der Waals surface area contributed by atoms with Gasteiger partial charge in [0.15, 0.2) is 0 Å². The number of rotatable bonds is 6. The van der Waals surface area contributed by atoms with E-state index in [2.05, 4.69) is 14.8 Å². The van der Waals surface area contributed by atoms with Crippen LogP contribution in [-0.2, 0) is 19.6 Å². The Kier molecular flexibility index (Phi) is 6.35. The number of carbonyl (C=O) groups excluding carboxylic acids is 2. The lowest BCUT2D eigenvalue weighted by Crippen LogP contribution is -2.33. The normalized spacial score (nSPS) is 11.1. The second-order valence-electron chi connectivity index (χ2n) is 6.17. The molecule has 0 saturated carbocycles. The van der Waals surface area contributed by atoms with Gasteiger partial charge in [-0.2, -0.15) is 0 Å². The highest BCUT2D eigenvalue weighted by molar-refractivity contribution is 7.89. The predicted octanol–water partition coefficient (Wildman–Crippen LogP) is 2.32. The Morgan fingerprint density at radius 3 is 2.26 bits per heavy atom. The van der Waals surface area contributed by atoms with Gasteiger partial charge in [0.25, 0.3) is 0 Å². The molecule has 0 aliphatic heterocycles. The van der Waals surface area contributed by atoms with Gasteiger partial charge in [-0.25, -0.2) is 17.9 Å². The molecule has 0 aliphatic rings. The molecule has 0 radical (unpaired) electrons. The molecule has 0 unspecified atom stereocenters. The lowest BCUT2D eigenvalue weighted by Gasteiger charge is -2.13. The van der Waals surface area contributed by atoms with Crippen LogP contribution in [0.25, 0.3) is 0 Å². The molecule has 0 aliphatic carbocycles. The van der Waals surface area contributed by atoms with Crippen LogP contribution < -0.4 is 10.0 Å². The molecule has 0 fully saturated rings. The van der Waals surface area contributed by atoms with Gasteiger partial charge in [-0.3, -0.25) is 4.79 Å². The molecule has 0 bridgehead atoms. The Morgan fingerprint density at radius 1 is 1.04 bits per heavy atom. The summed E-state index contributed by atoms with van der Waals surface area (Å²) in [4.78, 5) is 23.8. The van der Waals surface area contributed by atoms with E-state index in [0.717, 1.165) is 5.56 Å². The van der Waals surface area contributed by atoms with Crippen LogP contribution in [0.2, 0.25) is 0 Å². The average Bonchev–Trinajstić information content (AvgIpc) is 2.58. The highest BCUT2D eigenvalue weighted by Gasteiger charge is 2.20. The number of anilines is 1. The van der Waals surface area contributed by atoms with Gasteiger partial charge in [-0.05, 0) is 50.1 Å². The summed E-state index contributed by atoms with van der Waals surface area (Å²) >= 11 is 0. The second kappa shape index (κ2) is 8.32. The highest BCUT2D eigenvalue weighted by Crippen LogP contribution is 2.21. The van der Waals surface area contributed by atoms with E-state index in [1.807, 2.05) is 6.92 Å². The van der Waals surface area contributed by atoms with Crippen molar-refractivity contribution in [3.05, 3.63) is 58.7 Å². The van der Waals surface area contributed by atoms with Gasteiger partial charge in [-0.1, -0.05) is 23.8 Å². The van der Waals surface area contributed by atoms with Crippen LogP contribution in [0.3, 0.4) is 0 Å². The zero-order valence-electron chi connectivity index (χ0n) is 15.6. The fourth-order valence-electron chi connectivity index (χ4n) is 2.87. The Labute approximate surface area is 158 Å². The molecule has 0 heterocycles. The molecule has 1 amide bonds. The molecule has 8 heteroatoms. The predicted molar refractivity (Wildman–Crippen MR) is 102 cm³/mol. The zero-order valence-corrected chi connectivity index (χ0v) is 16.4. The van der Waals surface area contributed by atoms with Gasteiger partial charge in [0.1, 0.15) is 0 Å². The van der Waals surface area contributed by atoms with Gasteiger partial charge in [0, 0.05) is 5.69 Å². The monoisotopic (exact) mass is 390 g/mol. The molecular weight excluding hydrogens is 368 g/mol. The quantitative estimate of drug-likeness (QED) is 0.737. The summed E-state index contributed by atoms with van der Waals surface area (Å²) in [7, 11) is -2.57. The molecule has 2 aromatic carbocycles. The molecule has 2 rings (SSSR count). The molecule has 0 saturated heterocycles. The van der Waals surface area contributed by atoms with E-state index < -0.39 is 28.4 Å². The first-order valence-electron chi connectivity index (χ1n) is 8.20. The van der Waals surface area contributed by atoms with Crippen LogP contribution >= 0.6 is 0 Å². The number of hydrogen-bond donors (Lipinski definition) is 2. The summed E-state index contributed by atoms with van der Waals surface area (Å²) in [5.41, 5.74) is 2.84. The molecule has 2 aromatic rings. The smallest absolute Gasteiger partial charge is 0.337 e. The summed E-state index contributed by atoms with van der Waals surface area (Å²) < 4.78 is 32.1. The highest BCUT2D eigenvalue weighted by atomic mass is 32.2. The number of benzene rings is 2. The first-order valence-corrected chi connectivity index (χ1v) is 9.68. The lowest BCUT2D eigenvalue weighted by atomic mass is 10.1. The van der Waals surface area contributed by atoms with E-state index in [4.69, 9.17) is 0 Å². The minimum atomic E-state index is -3.84. The number of ether oxygens (including phenoxy) is 1. The van der Waals surface area contributed by atoms with Crippen molar-refractivity contribution in [2.75, 3.05) is 19.0 Å². The van der Waals surface area contributed by atoms with Crippen LogP contribution in [0.4, 0.5) is 5.69 Å². The van der Waals surface area contributed by atoms with Gasteiger partial charge >= 0.3 is 5.97 Å². The number of sulfonamides is 1. The van der Waals surface area contributed by atoms with Crippen molar-refractivity contribution in [3.8, 4) is 0 Å². The summed E-state index contributed by atoms with van der Waals surface area (Å²) in [6.07, 6.45) is 0. The number of carbonyl (C=O) groups is 2. The van der Waals surface area contributed by atoms with Crippen molar-refractivity contribution in [2.45, 2.75) is 25.7 Å². The van der Waals surface area contributed by atoms with Crippen molar-refractivity contribution in [2.24, 2.45) is 0 Å². The third-order valence-corrected chi connectivity index (χ3v) is 5.57. The Morgan fingerprint density at radius 2 is 1.67 bits per heavy atom. The number of esters is 1. The van der Waals surface area contributed by atoms with Gasteiger partial charge in [-0.15, -0.1) is 0 Å². The Balaban J connectivity index is 2.08. The molecule has 0 aromatic heterocycles. The SMILES string of the molecule is COC(=O)c1cccc(NC(=O)CNS(=O)(=O)c2c(C)cc(C)cc2C)c1. The van der Waals surface area contributed by atoms with E-state index in [9.17, 15) is 18.0 Å². The number of aryl methyl sites for hydroxylation is 3. The van der Waals surface area contributed by atoms with Crippen LogP contribution in [0.1, 0.15) is 27.0 Å². The number of amides is 1. The van der Waals surface area contributed by atoms with Crippen LogP contribution in [0.5, 0.6) is 0 Å². The number of nitrogens with one attached hydrogen (secondary N) is 2. The number of methoxy groups -OCH3 is 1. The number of hydrogen-bond acceptors (Lipinski definition) is 5. The first-order chi connectivity index (χ1) is 12.6. The van der Waals surface area contributed by atoms with Crippen molar-refractivity contribution in [1.29, 1.82) is 0 Å². The molecule has 27 heavy (non-hydrogen) atoms. The molecular formula is C19H22N2O5S. The largest absolute Gasteiger partial charge is 0.465 e. The lowest BCUT2D eigenvalue weighted by molar-refractivity contribution is -0.115. The fourth-order valence-corrected chi connectivity index (χ4v) is 4.30. The van der Waals surface area contributed by atoms with Crippen molar-refractivity contribution in [3.63, 3.8) is 0 Å². The van der Waals surface area contributed by atoms with Crippen molar-refractivity contribution < 1.29 is 22.7 Å². The molecule has 7 nitrogen and oxygen atoms in total. The minimum absolute atomic E-state index is 0.175.